The molecule has 0 bridgehead atoms. The van der Waals surface area contributed by atoms with Crippen LogP contribution in [0.5, 0.6) is 17.2 Å². The Bertz CT molecular complexity index is 1310. The summed E-state index contributed by atoms with van der Waals surface area (Å²) in [6.45, 7) is 0. The average Bonchev–Trinajstić information content (AvgIpc) is 2.67. The average molecular weight is 365 g/mol. The summed E-state index contributed by atoms with van der Waals surface area (Å²) in [6, 6.07) is 9.48. The smallest absolute Gasteiger partial charge is 0.273 e. The fourth-order valence-corrected chi connectivity index (χ4v) is 3.17. The Balaban J connectivity index is 2.23. The zero-order valence-corrected chi connectivity index (χ0v) is 14.5. The molecule has 0 aliphatic carbocycles. The minimum atomic E-state index is -0.364. The first kappa shape index (κ1) is 16.6. The van der Waals surface area contributed by atoms with Gasteiger partial charge < -0.3 is 14.6 Å². The Morgan fingerprint density at radius 1 is 0.963 bits per heavy atom. The Hall–Kier alpha value is -3.81. The molecule has 0 spiro atoms. The highest BCUT2D eigenvalue weighted by Crippen LogP contribution is 2.38. The van der Waals surface area contributed by atoms with E-state index in [1.165, 1.54) is 26.4 Å². The molecule has 3 N–H and O–H groups in total. The highest BCUT2D eigenvalue weighted by molar-refractivity contribution is 6.11. The van der Waals surface area contributed by atoms with Crippen molar-refractivity contribution >= 4 is 21.7 Å². The monoisotopic (exact) mass is 365 g/mol. The molecule has 136 valence electrons. The number of aromatic hydroxyl groups is 1. The topological polar surface area (TPSA) is 117 Å². The van der Waals surface area contributed by atoms with Crippen LogP contribution in [0.25, 0.3) is 32.8 Å². The first-order chi connectivity index (χ1) is 13.0. The standard InChI is InChI=1S/C19H15N3O5/c1-26-15-7-9(3-4-13(15)23)17-11-8-16(27-2)14(24)6-10(11)5-12-18(17)20-22-21-19(12)25/h3-8,22-23H,1-2H3,(H,21,25). The summed E-state index contributed by atoms with van der Waals surface area (Å²) in [6.07, 6.45) is 0. The first-order valence-electron chi connectivity index (χ1n) is 8.02. The van der Waals surface area contributed by atoms with E-state index in [0.717, 1.165) is 0 Å². The number of aromatic nitrogens is 3. The normalized spacial score (nSPS) is 11.0. The lowest BCUT2D eigenvalue weighted by Gasteiger charge is -2.13. The van der Waals surface area contributed by atoms with Crippen LogP contribution in [0, 0.1) is 0 Å². The fraction of sp³-hybridized carbons (Fsp3) is 0.105. The van der Waals surface area contributed by atoms with Crippen molar-refractivity contribution < 1.29 is 14.6 Å². The second kappa shape index (κ2) is 6.17. The third-order valence-corrected chi connectivity index (χ3v) is 4.45. The molecular formula is C19H15N3O5. The van der Waals surface area contributed by atoms with Gasteiger partial charge in [-0.05, 0) is 46.7 Å². The number of phenolic OH excluding ortho intramolecular Hbond substituents is 1. The van der Waals surface area contributed by atoms with E-state index in [1.807, 2.05) is 0 Å². The molecule has 0 saturated heterocycles. The minimum absolute atomic E-state index is 0.0115. The molecule has 1 heterocycles. The number of hydrogen-bond donors (Lipinski definition) is 3. The molecule has 4 aromatic rings. The van der Waals surface area contributed by atoms with Gasteiger partial charge in [-0.3, -0.25) is 9.59 Å². The molecule has 0 aliphatic heterocycles. The molecule has 0 unspecified atom stereocenters. The maximum absolute atomic E-state index is 12.3. The second-order valence-corrected chi connectivity index (χ2v) is 5.94. The number of phenols is 1. The number of fused-ring (bicyclic) bond motifs is 2. The van der Waals surface area contributed by atoms with Crippen LogP contribution in [0.4, 0.5) is 0 Å². The van der Waals surface area contributed by atoms with Crippen molar-refractivity contribution in [2.45, 2.75) is 0 Å². The molecule has 27 heavy (non-hydrogen) atoms. The number of H-pyrrole nitrogens is 2. The lowest BCUT2D eigenvalue weighted by molar-refractivity contribution is 0.373. The van der Waals surface area contributed by atoms with Crippen molar-refractivity contribution in [3.63, 3.8) is 0 Å². The highest BCUT2D eigenvalue weighted by atomic mass is 16.5. The number of methoxy groups -OCH3 is 2. The lowest BCUT2D eigenvalue weighted by atomic mass is 9.94. The molecule has 1 aromatic heterocycles. The van der Waals surface area contributed by atoms with Crippen LogP contribution >= 0.6 is 0 Å². The Morgan fingerprint density at radius 2 is 1.74 bits per heavy atom. The van der Waals surface area contributed by atoms with Gasteiger partial charge in [0, 0.05) is 5.56 Å². The zero-order valence-electron chi connectivity index (χ0n) is 14.5. The van der Waals surface area contributed by atoms with Crippen LogP contribution in [0.15, 0.2) is 46.0 Å². The fourth-order valence-electron chi connectivity index (χ4n) is 3.17. The van der Waals surface area contributed by atoms with E-state index in [4.69, 9.17) is 9.47 Å². The maximum Gasteiger partial charge on any atom is 0.273 e. The minimum Gasteiger partial charge on any atom is -0.504 e. The summed E-state index contributed by atoms with van der Waals surface area (Å²) in [5.74, 6) is 0.448. The predicted molar refractivity (Wildman–Crippen MR) is 101 cm³/mol. The number of nitrogens with zero attached hydrogens (tertiary/aromatic N) is 1. The van der Waals surface area contributed by atoms with Crippen LogP contribution in [-0.2, 0) is 0 Å². The Labute approximate surface area is 152 Å². The molecule has 3 aromatic carbocycles. The number of nitrogens with one attached hydrogen (secondary N) is 2. The van der Waals surface area contributed by atoms with Crippen molar-refractivity contribution in [2.24, 2.45) is 0 Å². The van der Waals surface area contributed by atoms with E-state index in [-0.39, 0.29) is 28.2 Å². The number of aromatic amines is 2. The van der Waals surface area contributed by atoms with E-state index in [2.05, 4.69) is 15.4 Å². The SMILES string of the molecule is COc1cc(-c2c3cc(OC)c(=O)cc3cc3c(=O)[nH][nH]nc23)ccc1O. The molecule has 0 saturated carbocycles. The summed E-state index contributed by atoms with van der Waals surface area (Å²) in [5.41, 5.74) is 1.04. The summed E-state index contributed by atoms with van der Waals surface area (Å²) < 4.78 is 10.4. The molecule has 8 nitrogen and oxygen atoms in total. The summed E-state index contributed by atoms with van der Waals surface area (Å²) in [7, 11) is 2.87. The van der Waals surface area contributed by atoms with Gasteiger partial charge in [0.25, 0.3) is 5.56 Å². The third-order valence-electron chi connectivity index (χ3n) is 4.45. The van der Waals surface area contributed by atoms with Gasteiger partial charge in [0.1, 0.15) is 5.52 Å². The van der Waals surface area contributed by atoms with Crippen LogP contribution < -0.4 is 20.5 Å². The molecule has 0 aliphatic rings. The molecule has 4 rings (SSSR count). The van der Waals surface area contributed by atoms with Gasteiger partial charge in [-0.2, -0.15) is 5.10 Å². The van der Waals surface area contributed by atoms with Crippen LogP contribution in [-0.4, -0.2) is 34.7 Å². The van der Waals surface area contributed by atoms with Crippen molar-refractivity contribution in [1.82, 2.24) is 15.4 Å². The quantitative estimate of drug-likeness (QED) is 0.479. The Kier molecular flexibility index (Phi) is 3.80. The van der Waals surface area contributed by atoms with Gasteiger partial charge in [-0.15, -0.1) is 0 Å². The summed E-state index contributed by atoms with van der Waals surface area (Å²) in [5, 5.41) is 20.6. The van der Waals surface area contributed by atoms with Gasteiger partial charge in [-0.25, -0.2) is 10.3 Å². The molecular weight excluding hydrogens is 350 g/mol. The first-order valence-corrected chi connectivity index (χ1v) is 8.02. The summed E-state index contributed by atoms with van der Waals surface area (Å²) in [4.78, 5) is 24.5. The molecule has 0 atom stereocenters. The van der Waals surface area contributed by atoms with E-state index in [9.17, 15) is 14.7 Å². The largest absolute Gasteiger partial charge is 0.504 e. The van der Waals surface area contributed by atoms with Crippen molar-refractivity contribution in [1.29, 1.82) is 0 Å². The van der Waals surface area contributed by atoms with E-state index < -0.39 is 0 Å². The van der Waals surface area contributed by atoms with Crippen molar-refractivity contribution in [3.05, 3.63) is 57.0 Å². The van der Waals surface area contributed by atoms with Gasteiger partial charge >= 0.3 is 0 Å². The number of hydrogen-bond acceptors (Lipinski definition) is 6. The van der Waals surface area contributed by atoms with E-state index in [0.29, 0.717) is 32.8 Å². The van der Waals surface area contributed by atoms with Gasteiger partial charge in [0.15, 0.2) is 17.2 Å². The molecule has 0 radical (unpaired) electrons. The number of benzene rings is 3. The van der Waals surface area contributed by atoms with Crippen LogP contribution in [0.1, 0.15) is 0 Å². The lowest BCUT2D eigenvalue weighted by Crippen LogP contribution is -2.11. The van der Waals surface area contributed by atoms with Gasteiger partial charge in [-0.1, -0.05) is 6.07 Å². The summed E-state index contributed by atoms with van der Waals surface area (Å²) >= 11 is 0. The highest BCUT2D eigenvalue weighted by Gasteiger charge is 2.17. The molecule has 0 fully saturated rings. The Morgan fingerprint density at radius 3 is 2.48 bits per heavy atom. The number of rotatable bonds is 3. The maximum atomic E-state index is 12.3. The third kappa shape index (κ3) is 2.58. The zero-order chi connectivity index (χ0) is 19.1. The number of ether oxygens (including phenoxy) is 2. The molecule has 8 heteroatoms. The van der Waals surface area contributed by atoms with Crippen LogP contribution in [0.3, 0.4) is 0 Å². The van der Waals surface area contributed by atoms with Crippen molar-refractivity contribution in [3.8, 4) is 28.4 Å². The molecule has 0 amide bonds. The van der Waals surface area contributed by atoms with Crippen molar-refractivity contribution in [2.75, 3.05) is 14.2 Å². The second-order valence-electron chi connectivity index (χ2n) is 5.94. The van der Waals surface area contributed by atoms with Gasteiger partial charge in [0.2, 0.25) is 5.43 Å². The van der Waals surface area contributed by atoms with Crippen LogP contribution in [0.2, 0.25) is 0 Å². The van der Waals surface area contributed by atoms with Gasteiger partial charge in [0.05, 0.1) is 19.6 Å². The van der Waals surface area contributed by atoms with E-state index in [1.54, 1.807) is 24.3 Å². The predicted octanol–water partition coefficient (Wildman–Crippen LogP) is 2.15. The van der Waals surface area contributed by atoms with E-state index >= 15 is 0 Å².